The molecule has 1 aliphatic rings. The van der Waals surface area contributed by atoms with Crippen molar-refractivity contribution in [2.24, 2.45) is 0 Å². The maximum absolute atomic E-state index is 11.3. The fourth-order valence-electron chi connectivity index (χ4n) is 1.87. The molecule has 0 saturated heterocycles. The standard InChI is InChI=1S/C14H14N2O3S/c1-8(9(2)17)14-15-13(16-19-14)11-7-20-12-6-4-3-5-10(12)18-11/h3-6,8,11H,7H2,1-2H3. The Bertz CT molecular complexity index is 641. The highest BCUT2D eigenvalue weighted by Gasteiger charge is 2.27. The normalized spacial score (nSPS) is 19.0. The quantitative estimate of drug-likeness (QED) is 0.865. The van der Waals surface area contributed by atoms with Crippen LogP contribution in [0.25, 0.3) is 0 Å². The van der Waals surface area contributed by atoms with Gasteiger partial charge in [-0.1, -0.05) is 17.3 Å². The van der Waals surface area contributed by atoms with E-state index in [1.54, 1.807) is 18.7 Å². The first-order valence-corrected chi connectivity index (χ1v) is 7.36. The molecule has 0 N–H and O–H groups in total. The molecule has 3 rings (SSSR count). The monoisotopic (exact) mass is 290 g/mol. The van der Waals surface area contributed by atoms with E-state index < -0.39 is 0 Å². The molecule has 0 aliphatic carbocycles. The zero-order chi connectivity index (χ0) is 14.1. The number of hydrogen-bond donors (Lipinski definition) is 0. The van der Waals surface area contributed by atoms with Crippen LogP contribution < -0.4 is 4.74 Å². The van der Waals surface area contributed by atoms with Gasteiger partial charge in [-0.05, 0) is 26.0 Å². The van der Waals surface area contributed by atoms with Crippen LogP contribution >= 0.6 is 11.8 Å². The first-order chi connectivity index (χ1) is 9.65. The molecule has 0 spiro atoms. The SMILES string of the molecule is CC(=O)C(C)c1nc(C2CSc3ccccc3O2)no1. The van der Waals surface area contributed by atoms with Crippen molar-refractivity contribution >= 4 is 17.5 Å². The molecule has 1 aromatic carbocycles. The summed E-state index contributed by atoms with van der Waals surface area (Å²) in [6, 6.07) is 7.86. The molecule has 2 aromatic rings. The van der Waals surface area contributed by atoms with E-state index in [9.17, 15) is 4.79 Å². The Balaban J connectivity index is 1.80. The number of Topliss-reactive ketones (excluding diaryl/α,β-unsaturated/α-hetero) is 1. The Morgan fingerprint density at radius 1 is 1.45 bits per heavy atom. The van der Waals surface area contributed by atoms with Crippen molar-refractivity contribution in [1.82, 2.24) is 10.1 Å². The number of para-hydroxylation sites is 1. The van der Waals surface area contributed by atoms with Gasteiger partial charge in [-0.15, -0.1) is 11.8 Å². The third-order valence-electron chi connectivity index (χ3n) is 3.23. The lowest BCUT2D eigenvalue weighted by molar-refractivity contribution is -0.118. The number of carbonyl (C=O) groups is 1. The zero-order valence-electron chi connectivity index (χ0n) is 11.2. The number of thioether (sulfide) groups is 1. The van der Waals surface area contributed by atoms with Crippen LogP contribution in [0.15, 0.2) is 33.7 Å². The minimum Gasteiger partial charge on any atom is -0.480 e. The predicted molar refractivity (Wildman–Crippen MR) is 73.9 cm³/mol. The molecule has 1 aliphatic heterocycles. The van der Waals surface area contributed by atoms with E-state index in [0.29, 0.717) is 11.7 Å². The molecule has 0 amide bonds. The summed E-state index contributed by atoms with van der Waals surface area (Å²) in [5.41, 5.74) is 0. The van der Waals surface area contributed by atoms with Crippen LogP contribution in [-0.2, 0) is 4.79 Å². The first-order valence-electron chi connectivity index (χ1n) is 6.37. The molecule has 0 radical (unpaired) electrons. The van der Waals surface area contributed by atoms with Gasteiger partial charge >= 0.3 is 0 Å². The lowest BCUT2D eigenvalue weighted by Crippen LogP contribution is -2.16. The Hall–Kier alpha value is -1.82. The van der Waals surface area contributed by atoms with Crippen molar-refractivity contribution < 1.29 is 14.1 Å². The Kier molecular flexibility index (Phi) is 3.48. The van der Waals surface area contributed by atoms with E-state index in [1.165, 1.54) is 6.92 Å². The number of nitrogens with zero attached hydrogens (tertiary/aromatic N) is 2. The van der Waals surface area contributed by atoms with Gasteiger partial charge in [0.2, 0.25) is 11.7 Å². The van der Waals surface area contributed by atoms with E-state index in [0.717, 1.165) is 16.4 Å². The van der Waals surface area contributed by atoms with Gasteiger partial charge in [-0.25, -0.2) is 0 Å². The molecular weight excluding hydrogens is 276 g/mol. The van der Waals surface area contributed by atoms with E-state index in [2.05, 4.69) is 10.1 Å². The molecular formula is C14H14N2O3S. The van der Waals surface area contributed by atoms with E-state index in [4.69, 9.17) is 9.26 Å². The molecule has 2 heterocycles. The number of ketones is 1. The highest BCUT2D eigenvalue weighted by molar-refractivity contribution is 7.99. The number of hydrogen-bond acceptors (Lipinski definition) is 6. The van der Waals surface area contributed by atoms with E-state index in [1.807, 2.05) is 24.3 Å². The minimum absolute atomic E-state index is 0.00415. The lowest BCUT2D eigenvalue weighted by atomic mass is 10.1. The van der Waals surface area contributed by atoms with Gasteiger partial charge in [0.05, 0.1) is 5.92 Å². The Morgan fingerprint density at radius 2 is 2.25 bits per heavy atom. The average Bonchev–Trinajstić information content (AvgIpc) is 2.95. The van der Waals surface area contributed by atoms with Crippen molar-refractivity contribution in [3.63, 3.8) is 0 Å². The summed E-state index contributed by atoms with van der Waals surface area (Å²) in [6.45, 7) is 3.27. The summed E-state index contributed by atoms with van der Waals surface area (Å²) >= 11 is 1.70. The molecule has 20 heavy (non-hydrogen) atoms. The molecule has 0 bridgehead atoms. The number of rotatable bonds is 3. The first kappa shape index (κ1) is 13.2. The van der Waals surface area contributed by atoms with Crippen molar-refractivity contribution in [3.8, 4) is 5.75 Å². The van der Waals surface area contributed by atoms with Crippen LogP contribution in [0.4, 0.5) is 0 Å². The summed E-state index contributed by atoms with van der Waals surface area (Å²) < 4.78 is 11.0. The molecule has 104 valence electrons. The topological polar surface area (TPSA) is 65.2 Å². The second-order valence-corrected chi connectivity index (χ2v) is 5.75. The van der Waals surface area contributed by atoms with Gasteiger partial charge in [0.1, 0.15) is 11.5 Å². The highest BCUT2D eigenvalue weighted by Crippen LogP contribution is 2.39. The van der Waals surface area contributed by atoms with Crippen LogP contribution in [-0.4, -0.2) is 21.7 Å². The second-order valence-electron chi connectivity index (χ2n) is 4.69. The van der Waals surface area contributed by atoms with Gasteiger partial charge < -0.3 is 9.26 Å². The van der Waals surface area contributed by atoms with Crippen molar-refractivity contribution in [2.45, 2.75) is 30.8 Å². The van der Waals surface area contributed by atoms with E-state index >= 15 is 0 Å². The summed E-state index contributed by atoms with van der Waals surface area (Å²) in [6.07, 6.45) is -0.244. The van der Waals surface area contributed by atoms with Crippen molar-refractivity contribution in [2.75, 3.05) is 5.75 Å². The maximum atomic E-state index is 11.3. The third kappa shape index (κ3) is 2.43. The maximum Gasteiger partial charge on any atom is 0.237 e. The van der Waals surface area contributed by atoms with Crippen LogP contribution in [0.3, 0.4) is 0 Å². The summed E-state index contributed by atoms with van der Waals surface area (Å²) in [7, 11) is 0. The largest absolute Gasteiger partial charge is 0.480 e. The third-order valence-corrected chi connectivity index (χ3v) is 4.35. The number of carbonyl (C=O) groups excluding carboxylic acids is 1. The van der Waals surface area contributed by atoms with Crippen LogP contribution in [0, 0.1) is 0 Å². The average molecular weight is 290 g/mol. The number of benzene rings is 1. The van der Waals surface area contributed by atoms with Gasteiger partial charge in [0.15, 0.2) is 6.10 Å². The minimum atomic E-state index is -0.375. The predicted octanol–water partition coefficient (Wildman–Crippen LogP) is 2.99. The molecule has 0 fully saturated rings. The highest BCUT2D eigenvalue weighted by atomic mass is 32.2. The van der Waals surface area contributed by atoms with Crippen LogP contribution in [0.5, 0.6) is 5.75 Å². The number of aromatic nitrogens is 2. The van der Waals surface area contributed by atoms with Crippen molar-refractivity contribution in [1.29, 1.82) is 0 Å². The fourth-order valence-corrected chi connectivity index (χ4v) is 2.86. The summed E-state index contributed by atoms with van der Waals surface area (Å²) in [5, 5.41) is 3.94. The molecule has 5 nitrogen and oxygen atoms in total. The smallest absolute Gasteiger partial charge is 0.237 e. The number of fused-ring (bicyclic) bond motifs is 1. The molecule has 1 aromatic heterocycles. The van der Waals surface area contributed by atoms with Gasteiger partial charge in [0, 0.05) is 10.6 Å². The molecule has 2 atom stereocenters. The Labute approximate surface area is 120 Å². The van der Waals surface area contributed by atoms with Gasteiger partial charge in [-0.2, -0.15) is 4.98 Å². The number of ether oxygens (including phenoxy) is 1. The Morgan fingerprint density at radius 3 is 3.05 bits per heavy atom. The lowest BCUT2D eigenvalue weighted by Gasteiger charge is -2.22. The van der Waals surface area contributed by atoms with Crippen molar-refractivity contribution in [3.05, 3.63) is 36.0 Å². The van der Waals surface area contributed by atoms with Crippen LogP contribution in [0.1, 0.15) is 37.6 Å². The molecule has 6 heteroatoms. The zero-order valence-corrected chi connectivity index (χ0v) is 12.0. The summed E-state index contributed by atoms with van der Waals surface area (Å²) in [5.74, 6) is 2.03. The molecule has 2 unspecified atom stereocenters. The van der Waals surface area contributed by atoms with E-state index in [-0.39, 0.29) is 17.8 Å². The second kappa shape index (κ2) is 5.28. The van der Waals surface area contributed by atoms with Crippen LogP contribution in [0.2, 0.25) is 0 Å². The van der Waals surface area contributed by atoms with Gasteiger partial charge in [0.25, 0.3) is 0 Å². The molecule has 0 saturated carbocycles. The summed E-state index contributed by atoms with van der Waals surface area (Å²) in [4.78, 5) is 16.7. The van der Waals surface area contributed by atoms with Gasteiger partial charge in [-0.3, -0.25) is 4.79 Å². The fraction of sp³-hybridized carbons (Fsp3) is 0.357.